The minimum atomic E-state index is -0.782. The fourth-order valence-electron chi connectivity index (χ4n) is 4.30. The van der Waals surface area contributed by atoms with Gasteiger partial charge in [0.2, 0.25) is 0 Å². The van der Waals surface area contributed by atoms with Gasteiger partial charge >= 0.3 is 0 Å². The first-order chi connectivity index (χ1) is 16.9. The molecule has 1 unspecified atom stereocenters. The second kappa shape index (κ2) is 9.83. The van der Waals surface area contributed by atoms with E-state index < -0.39 is 17.2 Å². The van der Waals surface area contributed by atoms with Crippen molar-refractivity contribution in [3.8, 4) is 11.3 Å². The van der Waals surface area contributed by atoms with E-state index in [1.807, 2.05) is 39.3 Å². The van der Waals surface area contributed by atoms with E-state index in [0.29, 0.717) is 25.1 Å². The van der Waals surface area contributed by atoms with Gasteiger partial charge in [-0.2, -0.15) is 10.2 Å². The topological polar surface area (TPSA) is 93.8 Å². The molecule has 2 N–H and O–H groups in total. The highest BCUT2D eigenvalue weighted by atomic mass is 19.1. The molecule has 0 aliphatic carbocycles. The van der Waals surface area contributed by atoms with Gasteiger partial charge in [-0.05, 0) is 65.5 Å². The molecule has 3 aromatic rings. The summed E-state index contributed by atoms with van der Waals surface area (Å²) in [5, 5.41) is 14.7. The fourth-order valence-corrected chi connectivity index (χ4v) is 4.30. The summed E-state index contributed by atoms with van der Waals surface area (Å²) in [6.45, 7) is 10.6. The van der Waals surface area contributed by atoms with Gasteiger partial charge in [0.1, 0.15) is 17.3 Å². The van der Waals surface area contributed by atoms with Crippen molar-refractivity contribution in [3.05, 3.63) is 59.0 Å². The lowest BCUT2D eigenvalue weighted by atomic mass is 9.94. The average Bonchev–Trinajstić information content (AvgIpc) is 3.41. The smallest absolute Gasteiger partial charge is 0.255 e. The number of aromatic nitrogens is 4. The zero-order valence-electron chi connectivity index (χ0n) is 21.2. The van der Waals surface area contributed by atoms with E-state index in [-0.39, 0.29) is 40.6 Å². The molecule has 0 radical (unpaired) electrons. The van der Waals surface area contributed by atoms with E-state index in [0.717, 1.165) is 24.2 Å². The Balaban J connectivity index is 1.52. The molecule has 3 heterocycles. The van der Waals surface area contributed by atoms with E-state index in [9.17, 15) is 18.4 Å². The first-order valence-electron chi connectivity index (χ1n) is 12.1. The van der Waals surface area contributed by atoms with Crippen molar-refractivity contribution in [2.24, 2.45) is 5.92 Å². The van der Waals surface area contributed by atoms with Crippen LogP contribution in [-0.4, -0.2) is 44.0 Å². The predicted molar refractivity (Wildman–Crippen MR) is 132 cm³/mol. The molecule has 2 amide bonds. The van der Waals surface area contributed by atoms with Crippen LogP contribution in [0.15, 0.2) is 30.6 Å². The molecule has 4 rings (SSSR count). The molecule has 1 aliphatic rings. The molecule has 8 nitrogen and oxygen atoms in total. The summed E-state index contributed by atoms with van der Waals surface area (Å²) in [5.41, 5.74) is 1.40. The SMILES string of the molecule is CC(C)NC(=O)c1cnn2c1CC(CNC(=O)c1cn(C(C)(C)C)nc1-c1ccc(F)cc1F)CC2. The number of carbonyl (C=O) groups is 2. The highest BCUT2D eigenvalue weighted by Gasteiger charge is 2.28. The van der Waals surface area contributed by atoms with Crippen molar-refractivity contribution < 1.29 is 18.4 Å². The molecular weight excluding hydrogens is 466 g/mol. The summed E-state index contributed by atoms with van der Waals surface area (Å²) in [5.74, 6) is -1.92. The normalized spacial score (nSPS) is 15.6. The van der Waals surface area contributed by atoms with Gasteiger partial charge in [0.15, 0.2) is 0 Å². The molecule has 1 aromatic carbocycles. The highest BCUT2D eigenvalue weighted by Crippen LogP contribution is 2.28. The van der Waals surface area contributed by atoms with Crippen molar-refractivity contribution in [2.75, 3.05) is 6.54 Å². The van der Waals surface area contributed by atoms with Crippen LogP contribution in [0.3, 0.4) is 0 Å². The molecule has 192 valence electrons. The summed E-state index contributed by atoms with van der Waals surface area (Å²) in [7, 11) is 0. The zero-order chi connectivity index (χ0) is 26.2. The van der Waals surface area contributed by atoms with Crippen LogP contribution in [0, 0.1) is 17.6 Å². The number of nitrogens with zero attached hydrogens (tertiary/aromatic N) is 4. The number of rotatable bonds is 6. The van der Waals surface area contributed by atoms with Crippen molar-refractivity contribution >= 4 is 11.8 Å². The van der Waals surface area contributed by atoms with Crippen molar-refractivity contribution in [2.45, 2.75) is 65.6 Å². The number of benzene rings is 1. The van der Waals surface area contributed by atoms with Crippen LogP contribution in [0.25, 0.3) is 11.3 Å². The molecule has 10 heteroatoms. The minimum absolute atomic E-state index is 0.0147. The Labute approximate surface area is 209 Å². The monoisotopic (exact) mass is 498 g/mol. The molecular formula is C26H32F2N6O2. The maximum atomic E-state index is 14.6. The standard InChI is InChI=1S/C26H32F2N6O2/c1-15(2)31-25(36)19-13-30-33-9-8-16(10-22(19)33)12-29-24(35)20-14-34(26(3,4)5)32-23(20)18-7-6-17(27)11-21(18)28/h6-7,11,13-16H,8-10,12H2,1-5H3,(H,29,35)(H,31,36). The lowest BCUT2D eigenvalue weighted by molar-refractivity contribution is 0.0930. The van der Waals surface area contributed by atoms with E-state index in [4.69, 9.17) is 0 Å². The van der Waals surface area contributed by atoms with Crippen LogP contribution >= 0.6 is 0 Å². The van der Waals surface area contributed by atoms with Crippen LogP contribution in [0.1, 0.15) is 67.4 Å². The lowest BCUT2D eigenvalue weighted by Crippen LogP contribution is -2.35. The number of hydrogen-bond acceptors (Lipinski definition) is 4. The van der Waals surface area contributed by atoms with E-state index in [2.05, 4.69) is 20.8 Å². The molecule has 1 aliphatic heterocycles. The Morgan fingerprint density at radius 2 is 1.92 bits per heavy atom. The second-order valence-electron chi connectivity index (χ2n) is 10.6. The predicted octanol–water partition coefficient (Wildman–Crippen LogP) is 3.91. The lowest BCUT2D eigenvalue weighted by Gasteiger charge is -2.24. The highest BCUT2D eigenvalue weighted by molar-refractivity contribution is 6.00. The Morgan fingerprint density at radius 1 is 1.17 bits per heavy atom. The Morgan fingerprint density at radius 3 is 2.58 bits per heavy atom. The third kappa shape index (κ3) is 5.32. The fraction of sp³-hybridized carbons (Fsp3) is 0.462. The van der Waals surface area contributed by atoms with Gasteiger partial charge in [-0.1, -0.05) is 0 Å². The van der Waals surface area contributed by atoms with Gasteiger partial charge in [0.25, 0.3) is 11.8 Å². The molecule has 36 heavy (non-hydrogen) atoms. The second-order valence-corrected chi connectivity index (χ2v) is 10.6. The minimum Gasteiger partial charge on any atom is -0.352 e. The Hall–Kier alpha value is -3.56. The molecule has 0 saturated carbocycles. The van der Waals surface area contributed by atoms with Gasteiger partial charge in [-0.15, -0.1) is 0 Å². The summed E-state index contributed by atoms with van der Waals surface area (Å²) in [6.07, 6.45) is 4.58. The maximum absolute atomic E-state index is 14.6. The van der Waals surface area contributed by atoms with Gasteiger partial charge in [0.05, 0.1) is 28.6 Å². The number of hydrogen-bond donors (Lipinski definition) is 2. The quantitative estimate of drug-likeness (QED) is 0.539. The van der Waals surface area contributed by atoms with Crippen LogP contribution < -0.4 is 10.6 Å². The van der Waals surface area contributed by atoms with E-state index >= 15 is 0 Å². The molecule has 0 spiro atoms. The molecule has 0 saturated heterocycles. The van der Waals surface area contributed by atoms with Gasteiger partial charge in [0, 0.05) is 37.0 Å². The molecule has 0 fully saturated rings. The van der Waals surface area contributed by atoms with Crippen molar-refractivity contribution in [1.29, 1.82) is 0 Å². The number of fused-ring (bicyclic) bond motifs is 1. The number of amides is 2. The average molecular weight is 499 g/mol. The van der Waals surface area contributed by atoms with Crippen molar-refractivity contribution in [3.63, 3.8) is 0 Å². The Bertz CT molecular complexity index is 1290. The van der Waals surface area contributed by atoms with Gasteiger partial charge in [-0.3, -0.25) is 19.0 Å². The molecule has 1 atom stereocenters. The molecule has 2 aromatic heterocycles. The number of nitrogens with one attached hydrogen (secondary N) is 2. The van der Waals surface area contributed by atoms with E-state index in [1.165, 1.54) is 6.07 Å². The first kappa shape index (κ1) is 25.5. The zero-order valence-corrected chi connectivity index (χ0v) is 21.2. The summed E-state index contributed by atoms with van der Waals surface area (Å²) < 4.78 is 31.5. The van der Waals surface area contributed by atoms with Crippen LogP contribution in [0.2, 0.25) is 0 Å². The van der Waals surface area contributed by atoms with Crippen LogP contribution in [0.5, 0.6) is 0 Å². The van der Waals surface area contributed by atoms with Crippen molar-refractivity contribution in [1.82, 2.24) is 30.2 Å². The number of halogens is 2. The van der Waals surface area contributed by atoms with E-state index in [1.54, 1.807) is 17.1 Å². The van der Waals surface area contributed by atoms with Gasteiger partial charge in [-0.25, -0.2) is 8.78 Å². The van der Waals surface area contributed by atoms with Gasteiger partial charge < -0.3 is 10.6 Å². The molecule has 0 bridgehead atoms. The van der Waals surface area contributed by atoms with Crippen LogP contribution in [0.4, 0.5) is 8.78 Å². The third-order valence-electron chi connectivity index (χ3n) is 6.23. The van der Waals surface area contributed by atoms with Crippen LogP contribution in [-0.2, 0) is 18.5 Å². The number of carbonyl (C=O) groups excluding carboxylic acids is 2. The Kier molecular flexibility index (Phi) is 6.97. The third-order valence-corrected chi connectivity index (χ3v) is 6.23. The summed E-state index contributed by atoms with van der Waals surface area (Å²) in [6, 6.07) is 3.24. The summed E-state index contributed by atoms with van der Waals surface area (Å²) >= 11 is 0. The largest absolute Gasteiger partial charge is 0.352 e. The maximum Gasteiger partial charge on any atom is 0.255 e. The number of aryl methyl sites for hydroxylation is 1. The first-order valence-corrected chi connectivity index (χ1v) is 12.1. The summed E-state index contributed by atoms with van der Waals surface area (Å²) in [4.78, 5) is 25.8.